The van der Waals surface area contributed by atoms with Crippen molar-refractivity contribution in [2.75, 3.05) is 0 Å². The molecule has 0 spiro atoms. The van der Waals surface area contributed by atoms with Gasteiger partial charge >= 0.3 is 5.97 Å². The highest BCUT2D eigenvalue weighted by atomic mass is 32.2. The number of rotatable bonds is 6. The van der Waals surface area contributed by atoms with Gasteiger partial charge in [0.1, 0.15) is 4.91 Å². The Hall–Kier alpha value is -4.29. The number of carboxylic acids is 1. The Bertz CT molecular complexity index is 1710. The molecule has 6 aromatic rings. The van der Waals surface area contributed by atoms with Crippen LogP contribution in [0.3, 0.4) is 0 Å². The lowest BCUT2D eigenvalue weighted by Gasteiger charge is -2.09. The summed E-state index contributed by atoms with van der Waals surface area (Å²) < 4.78 is 2.19. The molecular formula is C29H21N3O2S. The largest absolute Gasteiger partial charge is 0.477 e. The molecule has 2 heterocycles. The number of hydrogen-bond donors (Lipinski definition) is 2. The van der Waals surface area contributed by atoms with Gasteiger partial charge in [0.25, 0.3) is 0 Å². The predicted molar refractivity (Wildman–Crippen MR) is 143 cm³/mol. The standard InChI is InChI=1S/C29H21N3O2S/c33-28(34)27(35-29-30-24-13-4-5-14-25(24)31-29)16-21-18-32(26-15-6-3-12-23(21)26)17-20-10-7-9-19-8-1-2-11-22(19)20/h1-16,18H,17H2,(H,30,31)(H,33,34)/b27-16-. The van der Waals surface area contributed by atoms with E-state index in [0.717, 1.165) is 39.3 Å². The van der Waals surface area contributed by atoms with Gasteiger partial charge in [-0.15, -0.1) is 0 Å². The molecule has 0 aliphatic carbocycles. The summed E-state index contributed by atoms with van der Waals surface area (Å²) in [6.07, 6.45) is 3.77. The minimum Gasteiger partial charge on any atom is -0.477 e. The highest BCUT2D eigenvalue weighted by Gasteiger charge is 2.16. The minimum absolute atomic E-state index is 0.206. The van der Waals surface area contributed by atoms with Crippen LogP contribution in [0.2, 0.25) is 0 Å². The van der Waals surface area contributed by atoms with E-state index in [9.17, 15) is 9.90 Å². The fourth-order valence-corrected chi connectivity index (χ4v) is 5.28. The van der Waals surface area contributed by atoms with Gasteiger partial charge in [0, 0.05) is 29.2 Å². The number of benzene rings is 4. The van der Waals surface area contributed by atoms with Gasteiger partial charge in [-0.1, -0.05) is 72.8 Å². The molecule has 0 bridgehead atoms. The molecule has 0 radical (unpaired) electrons. The topological polar surface area (TPSA) is 70.9 Å². The molecule has 2 aromatic heterocycles. The van der Waals surface area contributed by atoms with E-state index < -0.39 is 5.97 Å². The van der Waals surface area contributed by atoms with E-state index in [1.165, 1.54) is 16.3 Å². The zero-order valence-electron chi connectivity index (χ0n) is 18.7. The third-order valence-corrected chi connectivity index (χ3v) is 7.01. The van der Waals surface area contributed by atoms with Gasteiger partial charge < -0.3 is 14.7 Å². The van der Waals surface area contributed by atoms with Crippen LogP contribution in [0.4, 0.5) is 0 Å². The van der Waals surface area contributed by atoms with Gasteiger partial charge in [-0.3, -0.25) is 0 Å². The highest BCUT2D eigenvalue weighted by molar-refractivity contribution is 8.04. The van der Waals surface area contributed by atoms with E-state index in [0.29, 0.717) is 11.7 Å². The summed E-state index contributed by atoms with van der Waals surface area (Å²) in [5.74, 6) is -0.985. The molecule has 0 saturated heterocycles. The summed E-state index contributed by atoms with van der Waals surface area (Å²) in [6, 6.07) is 30.5. The second kappa shape index (κ2) is 8.81. The van der Waals surface area contributed by atoms with Crippen LogP contribution in [0.1, 0.15) is 11.1 Å². The van der Waals surface area contributed by atoms with Crippen LogP contribution in [0, 0.1) is 0 Å². The molecule has 0 unspecified atom stereocenters. The number of para-hydroxylation sites is 3. The van der Waals surface area contributed by atoms with E-state index in [2.05, 4.69) is 57.0 Å². The number of carbonyl (C=O) groups is 1. The average Bonchev–Trinajstić information content (AvgIpc) is 3.45. The minimum atomic E-state index is -0.985. The van der Waals surface area contributed by atoms with E-state index in [4.69, 9.17) is 0 Å². The van der Waals surface area contributed by atoms with Crippen molar-refractivity contribution in [2.24, 2.45) is 0 Å². The van der Waals surface area contributed by atoms with Crippen molar-refractivity contribution in [1.82, 2.24) is 14.5 Å². The molecule has 0 aliphatic heterocycles. The molecule has 0 aliphatic rings. The van der Waals surface area contributed by atoms with Gasteiger partial charge in [0.05, 0.1) is 11.0 Å². The Balaban J connectivity index is 1.41. The summed E-state index contributed by atoms with van der Waals surface area (Å²) >= 11 is 1.13. The lowest BCUT2D eigenvalue weighted by Crippen LogP contribution is -1.99. The molecular weight excluding hydrogens is 454 g/mol. The zero-order valence-corrected chi connectivity index (χ0v) is 19.5. The Morgan fingerprint density at radius 1 is 0.914 bits per heavy atom. The van der Waals surface area contributed by atoms with Gasteiger partial charge in [0.15, 0.2) is 5.16 Å². The van der Waals surface area contributed by atoms with E-state index in [1.807, 2.05) is 54.7 Å². The van der Waals surface area contributed by atoms with Gasteiger partial charge in [-0.2, -0.15) is 0 Å². The SMILES string of the molecule is O=C(O)/C(=C/c1cn(Cc2cccc3ccccc23)c2ccccc12)Sc1nc2ccccc2[nH]1. The van der Waals surface area contributed by atoms with Crippen molar-refractivity contribution < 1.29 is 9.90 Å². The third-order valence-electron chi connectivity index (χ3n) is 6.11. The van der Waals surface area contributed by atoms with Crippen LogP contribution in [-0.4, -0.2) is 25.6 Å². The molecule has 4 aromatic carbocycles. The first-order chi connectivity index (χ1) is 17.2. The van der Waals surface area contributed by atoms with Crippen molar-refractivity contribution in [2.45, 2.75) is 11.7 Å². The number of aromatic nitrogens is 3. The fraction of sp³-hybridized carbons (Fsp3) is 0.0345. The number of aromatic amines is 1. The first kappa shape index (κ1) is 21.3. The Morgan fingerprint density at radius 2 is 1.66 bits per heavy atom. The number of thioether (sulfide) groups is 1. The molecule has 0 saturated carbocycles. The van der Waals surface area contributed by atoms with Gasteiger partial charge in [-0.05, 0) is 52.4 Å². The molecule has 170 valence electrons. The first-order valence-corrected chi connectivity index (χ1v) is 12.1. The van der Waals surface area contributed by atoms with Crippen LogP contribution >= 0.6 is 11.8 Å². The number of imidazole rings is 1. The number of nitrogens with one attached hydrogen (secondary N) is 1. The van der Waals surface area contributed by atoms with Crippen LogP contribution < -0.4 is 0 Å². The summed E-state index contributed by atoms with van der Waals surface area (Å²) in [4.78, 5) is 20.1. The molecule has 6 rings (SSSR count). The summed E-state index contributed by atoms with van der Waals surface area (Å²) in [7, 11) is 0. The van der Waals surface area contributed by atoms with Crippen molar-refractivity contribution in [3.8, 4) is 0 Å². The lowest BCUT2D eigenvalue weighted by molar-refractivity contribution is -0.131. The normalized spacial score (nSPS) is 12.1. The van der Waals surface area contributed by atoms with E-state index in [-0.39, 0.29) is 4.91 Å². The van der Waals surface area contributed by atoms with Crippen LogP contribution in [-0.2, 0) is 11.3 Å². The molecule has 35 heavy (non-hydrogen) atoms. The number of fused-ring (bicyclic) bond motifs is 3. The number of nitrogens with zero attached hydrogens (tertiary/aromatic N) is 2. The van der Waals surface area contributed by atoms with E-state index in [1.54, 1.807) is 6.08 Å². The van der Waals surface area contributed by atoms with Crippen molar-refractivity contribution in [3.63, 3.8) is 0 Å². The molecule has 6 heteroatoms. The lowest BCUT2D eigenvalue weighted by atomic mass is 10.0. The maximum Gasteiger partial charge on any atom is 0.342 e. The van der Waals surface area contributed by atoms with Crippen LogP contribution in [0.25, 0.3) is 38.8 Å². The number of aliphatic carboxylic acids is 1. The molecule has 0 fully saturated rings. The van der Waals surface area contributed by atoms with Gasteiger partial charge in [0.2, 0.25) is 0 Å². The maximum atomic E-state index is 12.2. The summed E-state index contributed by atoms with van der Waals surface area (Å²) in [5.41, 5.74) is 4.83. The second-order valence-electron chi connectivity index (χ2n) is 8.34. The summed E-state index contributed by atoms with van der Waals surface area (Å²) in [5, 5.41) is 14.0. The Morgan fingerprint density at radius 3 is 2.51 bits per heavy atom. The van der Waals surface area contributed by atoms with Crippen molar-refractivity contribution in [3.05, 3.63) is 113 Å². The zero-order chi connectivity index (χ0) is 23.8. The number of carboxylic acid groups (broad SMARTS) is 1. The number of hydrogen-bond acceptors (Lipinski definition) is 3. The van der Waals surface area contributed by atoms with Crippen LogP contribution in [0.15, 0.2) is 107 Å². The average molecular weight is 476 g/mol. The Kier molecular flexibility index (Phi) is 5.35. The second-order valence-corrected chi connectivity index (χ2v) is 9.37. The van der Waals surface area contributed by atoms with E-state index >= 15 is 0 Å². The highest BCUT2D eigenvalue weighted by Crippen LogP contribution is 2.31. The first-order valence-electron chi connectivity index (χ1n) is 11.3. The van der Waals surface area contributed by atoms with Crippen molar-refractivity contribution >= 4 is 56.5 Å². The maximum absolute atomic E-state index is 12.2. The van der Waals surface area contributed by atoms with Crippen LogP contribution in [0.5, 0.6) is 0 Å². The summed E-state index contributed by atoms with van der Waals surface area (Å²) in [6.45, 7) is 0.689. The quantitative estimate of drug-likeness (QED) is 0.202. The fourth-order valence-electron chi connectivity index (χ4n) is 4.49. The molecule has 5 nitrogen and oxygen atoms in total. The van der Waals surface area contributed by atoms with Crippen molar-refractivity contribution in [1.29, 1.82) is 0 Å². The molecule has 2 N–H and O–H groups in total. The predicted octanol–water partition coefficient (Wildman–Crippen LogP) is 6.94. The molecule has 0 amide bonds. The molecule has 0 atom stereocenters. The Labute approximate surface area is 205 Å². The smallest absolute Gasteiger partial charge is 0.342 e. The third kappa shape index (κ3) is 4.09. The monoisotopic (exact) mass is 475 g/mol. The number of H-pyrrole nitrogens is 1. The van der Waals surface area contributed by atoms with Gasteiger partial charge in [-0.25, -0.2) is 9.78 Å².